The minimum absolute atomic E-state index is 0. The summed E-state index contributed by atoms with van der Waals surface area (Å²) in [5.41, 5.74) is -1.01. The van der Waals surface area contributed by atoms with Gasteiger partial charge in [-0.3, -0.25) is 0 Å². The van der Waals surface area contributed by atoms with E-state index in [0.29, 0.717) is 19.4 Å². The molecular formula is C23H45BrNO4-. The first-order valence-corrected chi connectivity index (χ1v) is 11.7. The molecule has 0 spiro atoms. The van der Waals surface area contributed by atoms with Crippen molar-refractivity contribution in [2.45, 2.75) is 96.5 Å². The van der Waals surface area contributed by atoms with Crippen molar-refractivity contribution in [3.63, 3.8) is 0 Å². The summed E-state index contributed by atoms with van der Waals surface area (Å²) in [5.74, 6) is -1.54. The molecule has 2 N–H and O–H groups in total. The number of hydrogen-bond donors (Lipinski definition) is 2. The Morgan fingerprint density at radius 3 is 1.83 bits per heavy atom. The molecule has 2 aliphatic carbocycles. The van der Waals surface area contributed by atoms with Gasteiger partial charge in [0, 0.05) is 11.9 Å². The molecule has 0 saturated heterocycles. The number of aliphatic carboxylic acids is 1. The Labute approximate surface area is 189 Å². The molecule has 29 heavy (non-hydrogen) atoms. The average molecular weight is 480 g/mol. The topological polar surface area (TPSA) is 80.6 Å². The summed E-state index contributed by atoms with van der Waals surface area (Å²) in [6, 6.07) is 0. The van der Waals surface area contributed by atoms with E-state index in [1.165, 1.54) is 12.8 Å². The minimum atomic E-state index is -1.02. The zero-order valence-electron chi connectivity index (χ0n) is 19.0. The van der Waals surface area contributed by atoms with Crippen LogP contribution in [0.25, 0.3) is 0 Å². The van der Waals surface area contributed by atoms with Gasteiger partial charge in [-0.2, -0.15) is 0 Å². The van der Waals surface area contributed by atoms with Gasteiger partial charge in [0.1, 0.15) is 6.54 Å². The zero-order valence-corrected chi connectivity index (χ0v) is 20.6. The predicted molar refractivity (Wildman–Crippen MR) is 112 cm³/mol. The number of quaternary nitrogens is 1. The van der Waals surface area contributed by atoms with Crippen molar-refractivity contribution in [3.05, 3.63) is 0 Å². The third-order valence-corrected chi connectivity index (χ3v) is 7.34. The third-order valence-electron chi connectivity index (χ3n) is 7.34. The van der Waals surface area contributed by atoms with Crippen molar-refractivity contribution in [3.8, 4) is 0 Å². The fourth-order valence-corrected chi connectivity index (χ4v) is 4.93. The van der Waals surface area contributed by atoms with Crippen LogP contribution >= 0.6 is 0 Å². The summed E-state index contributed by atoms with van der Waals surface area (Å²) in [7, 11) is 2.16. The molecule has 1 unspecified atom stereocenters. The Kier molecular flexibility index (Phi) is 14.7. The van der Waals surface area contributed by atoms with Gasteiger partial charge in [-0.05, 0) is 45.4 Å². The van der Waals surface area contributed by atoms with E-state index < -0.39 is 17.5 Å². The highest BCUT2D eigenvalue weighted by molar-refractivity contribution is 5.69. The number of likely N-dealkylation sites (N-methyl/N-ethyl adjacent to an activating group) is 1. The maximum Gasteiger partial charge on any atom is 0.102 e. The molecule has 2 rings (SSSR count). The number of carboxylic acids is 1. The quantitative estimate of drug-likeness (QED) is 0.499. The molecule has 1 atom stereocenters. The summed E-state index contributed by atoms with van der Waals surface area (Å²) in [6.45, 7) is 7.71. The molecule has 174 valence electrons. The number of carbonyl (C=O) groups is 1. The summed E-state index contributed by atoms with van der Waals surface area (Å²) in [6.07, 6.45) is 11.9. The first-order valence-electron chi connectivity index (χ1n) is 11.7. The first-order chi connectivity index (χ1) is 13.3. The predicted octanol–water partition coefficient (Wildman–Crippen LogP) is -0.123. The van der Waals surface area contributed by atoms with Gasteiger partial charge in [0.05, 0.1) is 32.3 Å². The highest BCUT2D eigenvalue weighted by atomic mass is 79.9. The molecule has 0 aliphatic heterocycles. The monoisotopic (exact) mass is 478 g/mol. The molecule has 2 aliphatic rings. The van der Waals surface area contributed by atoms with Gasteiger partial charge in [-0.1, -0.05) is 51.4 Å². The molecule has 0 amide bonds. The van der Waals surface area contributed by atoms with Crippen molar-refractivity contribution >= 4 is 5.97 Å². The maximum absolute atomic E-state index is 11.6. The van der Waals surface area contributed by atoms with Crippen LogP contribution in [-0.4, -0.2) is 59.6 Å². The summed E-state index contributed by atoms with van der Waals surface area (Å²) >= 11 is 0. The molecule has 0 aromatic rings. The zero-order chi connectivity index (χ0) is 21.0. The van der Waals surface area contributed by atoms with E-state index in [1.807, 2.05) is 0 Å². The molecule has 0 radical (unpaired) electrons. The Morgan fingerprint density at radius 1 is 1.00 bits per heavy atom. The molecule has 2 saturated carbocycles. The number of rotatable bonds is 7. The largest absolute Gasteiger partial charge is 1.00 e. The second kappa shape index (κ2) is 14.8. The van der Waals surface area contributed by atoms with Crippen LogP contribution in [0.4, 0.5) is 0 Å². The Bertz CT molecular complexity index is 429. The molecule has 5 nitrogen and oxygen atoms in total. The molecule has 0 heterocycles. The van der Waals surface area contributed by atoms with Gasteiger partial charge in [-0.25, -0.2) is 0 Å². The van der Waals surface area contributed by atoms with Crippen molar-refractivity contribution in [1.29, 1.82) is 0 Å². The second-order valence-corrected chi connectivity index (χ2v) is 9.27. The van der Waals surface area contributed by atoms with Gasteiger partial charge in [0.2, 0.25) is 0 Å². The smallest absolute Gasteiger partial charge is 0.102 e. The van der Waals surface area contributed by atoms with Crippen molar-refractivity contribution < 1.29 is 41.6 Å². The summed E-state index contributed by atoms with van der Waals surface area (Å²) in [5, 5.41) is 31.2. The number of carbonyl (C=O) groups excluding carboxylic acids is 1. The number of nitrogens with zero attached hydrogens (tertiary/aromatic N) is 1. The van der Waals surface area contributed by atoms with Crippen LogP contribution < -0.4 is 22.1 Å². The van der Waals surface area contributed by atoms with E-state index in [4.69, 9.17) is 5.11 Å². The van der Waals surface area contributed by atoms with E-state index in [9.17, 15) is 15.0 Å². The lowest BCUT2D eigenvalue weighted by Crippen LogP contribution is -3.00. The van der Waals surface area contributed by atoms with Crippen LogP contribution in [0.3, 0.4) is 0 Å². The second-order valence-electron chi connectivity index (χ2n) is 9.27. The summed E-state index contributed by atoms with van der Waals surface area (Å²) in [4.78, 5) is 11.6. The average Bonchev–Trinajstić information content (AvgIpc) is 2.66. The SMILES string of the molecule is CC[N+](C)(CC)CCO.O=C([O-])C(C1CCCCC1)C1(O)CCCCCCC1.[Br-]. The fraction of sp³-hybridized carbons (Fsp3) is 0.957. The van der Waals surface area contributed by atoms with E-state index >= 15 is 0 Å². The van der Waals surface area contributed by atoms with Gasteiger partial charge in [-0.15, -0.1) is 0 Å². The lowest BCUT2D eigenvalue weighted by Gasteiger charge is -2.43. The van der Waals surface area contributed by atoms with Gasteiger partial charge >= 0.3 is 0 Å². The van der Waals surface area contributed by atoms with Crippen LogP contribution in [0.15, 0.2) is 0 Å². The number of halogens is 1. The number of aliphatic hydroxyl groups is 2. The first kappa shape index (κ1) is 28.8. The normalized spacial score (nSPS) is 21.6. The van der Waals surface area contributed by atoms with Crippen molar-refractivity contribution in [2.75, 3.05) is 33.3 Å². The lowest BCUT2D eigenvalue weighted by atomic mass is 9.68. The minimum Gasteiger partial charge on any atom is -1.00 e. The third kappa shape index (κ3) is 9.67. The van der Waals surface area contributed by atoms with Gasteiger partial charge < -0.3 is 41.6 Å². The number of carboxylic acid groups (broad SMARTS) is 1. The van der Waals surface area contributed by atoms with E-state index in [-0.39, 0.29) is 22.9 Å². The molecule has 0 aromatic heterocycles. The van der Waals surface area contributed by atoms with E-state index in [2.05, 4.69) is 20.9 Å². The van der Waals surface area contributed by atoms with Crippen LogP contribution in [0.1, 0.15) is 90.9 Å². The maximum atomic E-state index is 11.6. The highest BCUT2D eigenvalue weighted by Gasteiger charge is 2.42. The Morgan fingerprint density at radius 2 is 1.45 bits per heavy atom. The fourth-order valence-electron chi connectivity index (χ4n) is 4.93. The van der Waals surface area contributed by atoms with E-state index in [0.717, 1.165) is 75.5 Å². The van der Waals surface area contributed by atoms with Crippen LogP contribution in [0.2, 0.25) is 0 Å². The van der Waals surface area contributed by atoms with Crippen LogP contribution in [0, 0.1) is 11.8 Å². The number of aliphatic hydroxyl groups excluding tert-OH is 1. The van der Waals surface area contributed by atoms with Crippen LogP contribution in [0.5, 0.6) is 0 Å². The lowest BCUT2D eigenvalue weighted by molar-refractivity contribution is -0.906. The molecule has 6 heteroatoms. The van der Waals surface area contributed by atoms with Gasteiger partial charge in [0.25, 0.3) is 0 Å². The number of hydrogen-bond acceptors (Lipinski definition) is 4. The van der Waals surface area contributed by atoms with Crippen molar-refractivity contribution in [2.24, 2.45) is 11.8 Å². The summed E-state index contributed by atoms with van der Waals surface area (Å²) < 4.78 is 0.983. The molecule has 0 bridgehead atoms. The highest BCUT2D eigenvalue weighted by Crippen LogP contribution is 2.41. The molecule has 2 fully saturated rings. The van der Waals surface area contributed by atoms with Crippen LogP contribution in [-0.2, 0) is 4.79 Å². The Hall–Kier alpha value is -0.170. The molecule has 0 aromatic carbocycles. The molecular weight excluding hydrogens is 434 g/mol. The van der Waals surface area contributed by atoms with Crippen molar-refractivity contribution in [1.82, 2.24) is 0 Å². The standard InChI is InChI=1S/C16H28O3.C7H18NO.BrH/c17-15(18)14(13-9-5-4-6-10-13)16(19)11-7-2-1-3-8-12-16;1-4-8(3,5-2)6-7-9;/h13-14,19H,1-12H2,(H,17,18);9H,4-7H2,1-3H3;1H/q;+1;/p-2. The van der Waals surface area contributed by atoms with Gasteiger partial charge in [0.15, 0.2) is 0 Å². The Balaban J connectivity index is 0.000000672. The van der Waals surface area contributed by atoms with E-state index in [1.54, 1.807) is 0 Å².